The zero-order valence-corrected chi connectivity index (χ0v) is 45.3. The van der Waals surface area contributed by atoms with Crippen LogP contribution < -0.4 is 4.74 Å². The average molecular weight is 1070 g/mol. The Hall–Kier alpha value is -4.43. The Labute approximate surface area is 443 Å². The minimum atomic E-state index is -1.42. The van der Waals surface area contributed by atoms with Gasteiger partial charge in [0, 0.05) is 81.5 Å². The highest BCUT2D eigenvalue weighted by molar-refractivity contribution is 7.03. The monoisotopic (exact) mass is 1070 g/mol. The number of esters is 1. The standard InChI is InChI=1S/C53H78N6O15S/c1-10-43-37(28-70-53-51(68-9)50(67-8)47(65)34(6)72-53)24-30(2)12-17-41(61)31(3)25-36(19-22-60)49(32(4)42(62)26-44(63)73-43)74-52-48(66)45(46(64)33(5)71-52)58(7)21-18-38-27-59(56-54-38)20-11-23-69-39-15-13-35(14-16-39)40-29-75-57-55-40/h12-17,22,24,27,29,31-34,36-37,42-43,45-53,62,64-66H,10-11,18-21,23,25-26,28H2,1-9H3/b17-12+,30-24+/t31-,32+,33?,34?,36+,37-,42-,43-,45?,46?,47?,48?,49-,50?,51?,52?,53?/m1/s1. The van der Waals surface area contributed by atoms with Crippen molar-refractivity contribution >= 4 is 29.6 Å². The predicted octanol–water partition coefficient (Wildman–Crippen LogP) is 3.75. The number of rotatable bonds is 20. The predicted molar refractivity (Wildman–Crippen MR) is 274 cm³/mol. The molecule has 1 aromatic carbocycles. The second-order valence-corrected chi connectivity index (χ2v) is 20.7. The summed E-state index contributed by atoms with van der Waals surface area (Å²) in [5.41, 5.74) is 3.18. The topological polar surface area (TPSA) is 266 Å². The highest BCUT2D eigenvalue weighted by atomic mass is 32.1. The van der Waals surface area contributed by atoms with Crippen molar-refractivity contribution in [1.82, 2.24) is 29.5 Å². The first-order valence-electron chi connectivity index (χ1n) is 25.9. The Morgan fingerprint density at radius 2 is 1.64 bits per heavy atom. The van der Waals surface area contributed by atoms with E-state index < -0.39 is 116 Å². The second kappa shape index (κ2) is 28.8. The van der Waals surface area contributed by atoms with Crippen molar-refractivity contribution in [2.24, 2.45) is 23.7 Å². The molecule has 0 spiro atoms. The summed E-state index contributed by atoms with van der Waals surface area (Å²) in [5, 5.41) is 60.7. The number of ketones is 1. The molecule has 4 N–H and O–H groups in total. The lowest BCUT2D eigenvalue weighted by molar-refractivity contribution is -0.305. The smallest absolute Gasteiger partial charge is 0.308 e. The molecule has 0 amide bonds. The number of nitrogens with zero attached hydrogens (tertiary/aromatic N) is 6. The van der Waals surface area contributed by atoms with Crippen LogP contribution in [-0.4, -0.2) is 189 Å². The zero-order valence-electron chi connectivity index (χ0n) is 44.5. The number of allylic oxidation sites excluding steroid dienone is 3. The van der Waals surface area contributed by atoms with Crippen LogP contribution in [0.5, 0.6) is 5.75 Å². The van der Waals surface area contributed by atoms with Crippen molar-refractivity contribution in [3.63, 3.8) is 0 Å². The molecule has 6 rings (SSSR count). The van der Waals surface area contributed by atoms with E-state index in [1.165, 1.54) is 31.8 Å². The van der Waals surface area contributed by atoms with E-state index in [2.05, 4.69) is 19.9 Å². The van der Waals surface area contributed by atoms with Crippen molar-refractivity contribution in [3.05, 3.63) is 65.3 Å². The highest BCUT2D eigenvalue weighted by Crippen LogP contribution is 2.35. The molecule has 0 bridgehead atoms. The maximum absolute atomic E-state index is 13.8. The molecule has 10 unspecified atom stereocenters. The first-order chi connectivity index (χ1) is 36.0. The van der Waals surface area contributed by atoms with E-state index >= 15 is 0 Å². The maximum Gasteiger partial charge on any atom is 0.308 e. The molecule has 416 valence electrons. The lowest BCUT2D eigenvalue weighted by Gasteiger charge is -2.47. The van der Waals surface area contributed by atoms with Gasteiger partial charge in [-0.15, -0.1) is 10.2 Å². The SMILES string of the molecule is CC[C@H]1OC(=O)C[C@@H](O)[C@H](C)[C@@H](OC2OC(C)C(O)C(N(C)CCc3cn(CCCOc4ccc(-c5csnn5)cc4)nn3)C2O)[C@@H](CC=O)C[C@@H](C)C(=O)/C=C/C(C)=C/[C@@H]1COC1OC(C)C(O)C(OC)C1OC. The number of hydrogen-bond acceptors (Lipinski definition) is 21. The van der Waals surface area contributed by atoms with Crippen LogP contribution in [0.4, 0.5) is 0 Å². The summed E-state index contributed by atoms with van der Waals surface area (Å²) >= 11 is 1.30. The third-order valence-corrected chi connectivity index (χ3v) is 15.1. The van der Waals surface area contributed by atoms with Crippen LogP contribution in [0.25, 0.3) is 11.3 Å². The van der Waals surface area contributed by atoms with Crippen molar-refractivity contribution in [1.29, 1.82) is 0 Å². The molecular formula is C53H78N6O15S. The number of methoxy groups -OCH3 is 2. The van der Waals surface area contributed by atoms with Gasteiger partial charge in [-0.2, -0.15) is 0 Å². The van der Waals surface area contributed by atoms with Gasteiger partial charge < -0.3 is 63.1 Å². The first kappa shape index (κ1) is 59.8. The van der Waals surface area contributed by atoms with Gasteiger partial charge >= 0.3 is 5.97 Å². The number of carbonyl (C=O) groups excluding carboxylic acids is 3. The number of carbonyl (C=O) groups is 3. The van der Waals surface area contributed by atoms with Crippen molar-refractivity contribution < 1.29 is 72.7 Å². The lowest BCUT2D eigenvalue weighted by atomic mass is 9.79. The summed E-state index contributed by atoms with van der Waals surface area (Å²) in [6.45, 7) is 11.9. The summed E-state index contributed by atoms with van der Waals surface area (Å²) in [4.78, 5) is 41.8. The lowest BCUT2D eigenvalue weighted by Crippen LogP contribution is -2.64. The van der Waals surface area contributed by atoms with Crippen molar-refractivity contribution in [2.45, 2.75) is 166 Å². The van der Waals surface area contributed by atoms with Gasteiger partial charge in [-0.05, 0) is 88.5 Å². The Kier molecular flexibility index (Phi) is 23.0. The molecule has 2 aromatic heterocycles. The summed E-state index contributed by atoms with van der Waals surface area (Å²) in [5.74, 6) is -2.88. The Balaban J connectivity index is 1.11. The van der Waals surface area contributed by atoms with Gasteiger partial charge in [0.2, 0.25) is 0 Å². The third kappa shape index (κ3) is 16.1. The summed E-state index contributed by atoms with van der Waals surface area (Å²) in [6.07, 6.45) is -3.24. The number of aldehydes is 1. The molecule has 2 saturated heterocycles. The molecule has 5 heterocycles. The number of hydrogen-bond donors (Lipinski definition) is 4. The van der Waals surface area contributed by atoms with Crippen molar-refractivity contribution in [2.75, 3.05) is 41.0 Å². The van der Waals surface area contributed by atoms with E-state index in [1.807, 2.05) is 60.7 Å². The fraction of sp³-hybridized carbons (Fsp3) is 0.679. The van der Waals surface area contributed by atoms with Crippen LogP contribution in [-0.2, 0) is 60.5 Å². The van der Waals surface area contributed by atoms with Gasteiger partial charge in [-0.1, -0.05) is 48.2 Å². The number of aliphatic hydroxyl groups is 4. The number of benzene rings is 1. The van der Waals surface area contributed by atoms with E-state index in [0.29, 0.717) is 50.2 Å². The van der Waals surface area contributed by atoms with E-state index in [-0.39, 0.29) is 25.2 Å². The van der Waals surface area contributed by atoms with E-state index in [1.54, 1.807) is 45.5 Å². The zero-order chi connectivity index (χ0) is 54.3. The van der Waals surface area contributed by atoms with Gasteiger partial charge in [0.15, 0.2) is 18.4 Å². The molecule has 2 fully saturated rings. The van der Waals surface area contributed by atoms with E-state index in [0.717, 1.165) is 23.3 Å². The van der Waals surface area contributed by atoms with Crippen LogP contribution in [0.1, 0.15) is 79.3 Å². The van der Waals surface area contributed by atoms with Gasteiger partial charge in [-0.25, -0.2) is 0 Å². The van der Waals surface area contributed by atoms with Crippen LogP contribution in [0.3, 0.4) is 0 Å². The molecule has 3 aromatic rings. The molecule has 22 heteroatoms. The number of aryl methyl sites for hydroxylation is 1. The first-order valence-corrected chi connectivity index (χ1v) is 26.8. The Morgan fingerprint density at radius 3 is 2.32 bits per heavy atom. The normalized spacial score (nSPS) is 34.6. The molecule has 0 aliphatic carbocycles. The second-order valence-electron chi connectivity index (χ2n) is 20.1. The summed E-state index contributed by atoms with van der Waals surface area (Å²) in [6, 6.07) is 6.80. The number of likely N-dealkylation sites (N-methyl/N-ethyl adjacent to an activating group) is 1. The molecular weight excluding hydrogens is 993 g/mol. The molecule has 0 saturated carbocycles. The molecule has 17 atom stereocenters. The van der Waals surface area contributed by atoms with E-state index in [9.17, 15) is 34.8 Å². The highest BCUT2D eigenvalue weighted by Gasteiger charge is 2.48. The number of cyclic esters (lactones) is 1. The number of ether oxygens (including phenoxy) is 8. The minimum Gasteiger partial charge on any atom is -0.494 e. The molecule has 0 radical (unpaired) electrons. The van der Waals surface area contributed by atoms with E-state index in [4.69, 9.17) is 37.9 Å². The van der Waals surface area contributed by atoms with Crippen LogP contribution >= 0.6 is 11.5 Å². The quantitative estimate of drug-likeness (QED) is 0.0713. The van der Waals surface area contributed by atoms with Gasteiger partial charge in [-0.3, -0.25) is 19.2 Å². The number of aliphatic hydroxyl groups excluding tert-OH is 4. The van der Waals surface area contributed by atoms with Gasteiger partial charge in [0.25, 0.3) is 0 Å². The van der Waals surface area contributed by atoms with Crippen LogP contribution in [0, 0.1) is 23.7 Å². The Morgan fingerprint density at radius 1 is 0.920 bits per heavy atom. The third-order valence-electron chi connectivity index (χ3n) is 14.6. The fourth-order valence-corrected chi connectivity index (χ4v) is 10.6. The van der Waals surface area contributed by atoms with Gasteiger partial charge in [0.1, 0.15) is 48.2 Å². The molecule has 75 heavy (non-hydrogen) atoms. The molecule has 3 aliphatic heterocycles. The fourth-order valence-electron chi connectivity index (χ4n) is 10.1. The van der Waals surface area contributed by atoms with Crippen LogP contribution in [0.15, 0.2) is 59.6 Å². The Bertz CT molecular complexity index is 2290. The minimum absolute atomic E-state index is 0.0101. The largest absolute Gasteiger partial charge is 0.494 e. The molecule has 3 aliphatic rings. The maximum atomic E-state index is 13.8. The summed E-state index contributed by atoms with van der Waals surface area (Å²) < 4.78 is 53.9. The average Bonchev–Trinajstić information content (AvgIpc) is 4.11. The molecule has 21 nitrogen and oxygen atoms in total. The number of aromatic nitrogens is 5. The van der Waals surface area contributed by atoms with Gasteiger partial charge in [0.05, 0.1) is 61.9 Å². The summed E-state index contributed by atoms with van der Waals surface area (Å²) in [7, 11) is 4.70. The van der Waals surface area contributed by atoms with Crippen LogP contribution in [0.2, 0.25) is 0 Å². The van der Waals surface area contributed by atoms with Crippen molar-refractivity contribution in [3.8, 4) is 17.0 Å².